The Bertz CT molecular complexity index is 686. The third-order valence-corrected chi connectivity index (χ3v) is 5.52. The Balaban J connectivity index is 1.65. The molecule has 0 aromatic heterocycles. The van der Waals surface area contributed by atoms with Gasteiger partial charge in [0.1, 0.15) is 5.54 Å². The highest BCUT2D eigenvalue weighted by atomic mass is 16.1. The Kier molecular flexibility index (Phi) is 5.54. The van der Waals surface area contributed by atoms with Gasteiger partial charge in [0.25, 0.3) is 0 Å². The number of ketones is 1. The first-order valence-electron chi connectivity index (χ1n) is 9.21. The van der Waals surface area contributed by atoms with Crippen LogP contribution in [0.2, 0.25) is 0 Å². The zero-order valence-corrected chi connectivity index (χ0v) is 15.2. The highest BCUT2D eigenvalue weighted by Gasteiger charge is 2.44. The van der Waals surface area contributed by atoms with Gasteiger partial charge in [-0.25, -0.2) is 0 Å². The Morgan fingerprint density at radius 2 is 1.76 bits per heavy atom. The van der Waals surface area contributed by atoms with Gasteiger partial charge in [0.05, 0.1) is 0 Å². The van der Waals surface area contributed by atoms with E-state index in [1.54, 1.807) is 6.92 Å². The van der Waals surface area contributed by atoms with Crippen LogP contribution in [-0.2, 0) is 11.2 Å². The number of nitrogens with one attached hydrogen (secondary N) is 1. The Labute approximate surface area is 151 Å². The summed E-state index contributed by atoms with van der Waals surface area (Å²) in [6.07, 6.45) is 1.92. The lowest BCUT2D eigenvalue weighted by atomic mass is 9.75. The third-order valence-electron chi connectivity index (χ3n) is 5.52. The predicted octanol–water partition coefficient (Wildman–Crippen LogP) is 4.01. The van der Waals surface area contributed by atoms with Crippen molar-refractivity contribution in [3.8, 4) is 0 Å². The van der Waals surface area contributed by atoms with Crippen molar-refractivity contribution in [3.63, 3.8) is 0 Å². The third kappa shape index (κ3) is 4.10. The summed E-state index contributed by atoms with van der Waals surface area (Å²) in [5.41, 5.74) is 1.95. The second-order valence-corrected chi connectivity index (χ2v) is 7.21. The fourth-order valence-corrected chi connectivity index (χ4v) is 3.93. The zero-order chi connectivity index (χ0) is 17.7. The van der Waals surface area contributed by atoms with Gasteiger partial charge in [0.15, 0.2) is 5.78 Å². The molecule has 3 nitrogen and oxygen atoms in total. The molecule has 2 aromatic rings. The predicted molar refractivity (Wildman–Crippen MR) is 104 cm³/mol. The molecular formula is C22H28N2O. The number of anilines is 1. The summed E-state index contributed by atoms with van der Waals surface area (Å²) >= 11 is 0. The fraction of sp³-hybridized carbons (Fsp3) is 0.409. The van der Waals surface area contributed by atoms with Gasteiger partial charge in [-0.15, -0.1) is 0 Å². The first kappa shape index (κ1) is 17.7. The molecule has 1 saturated heterocycles. The molecule has 0 spiro atoms. The van der Waals surface area contributed by atoms with E-state index >= 15 is 0 Å². The lowest BCUT2D eigenvalue weighted by molar-refractivity contribution is -0.124. The van der Waals surface area contributed by atoms with E-state index in [2.05, 4.69) is 47.5 Å². The number of likely N-dealkylation sites (tertiary alicyclic amines) is 1. The molecule has 2 aromatic carbocycles. The van der Waals surface area contributed by atoms with Crippen molar-refractivity contribution < 1.29 is 4.79 Å². The highest BCUT2D eigenvalue weighted by molar-refractivity contribution is 5.89. The van der Waals surface area contributed by atoms with Gasteiger partial charge in [0.2, 0.25) is 0 Å². The van der Waals surface area contributed by atoms with Gasteiger partial charge in [-0.1, -0.05) is 55.5 Å². The van der Waals surface area contributed by atoms with Crippen molar-refractivity contribution in [1.29, 1.82) is 0 Å². The van der Waals surface area contributed by atoms with E-state index in [1.165, 1.54) is 5.56 Å². The van der Waals surface area contributed by atoms with E-state index in [9.17, 15) is 4.79 Å². The molecule has 3 heteroatoms. The van der Waals surface area contributed by atoms with Crippen molar-refractivity contribution in [2.24, 2.45) is 5.92 Å². The van der Waals surface area contributed by atoms with E-state index in [0.29, 0.717) is 0 Å². The molecule has 25 heavy (non-hydrogen) atoms. The summed E-state index contributed by atoms with van der Waals surface area (Å²) in [7, 11) is 0. The first-order valence-corrected chi connectivity index (χ1v) is 9.21. The number of para-hydroxylation sites is 1. The van der Waals surface area contributed by atoms with Crippen molar-refractivity contribution in [3.05, 3.63) is 66.2 Å². The normalized spacial score (nSPS) is 24.0. The van der Waals surface area contributed by atoms with Crippen molar-refractivity contribution in [1.82, 2.24) is 4.90 Å². The Hall–Kier alpha value is -2.13. The molecule has 2 atom stereocenters. The van der Waals surface area contributed by atoms with Gasteiger partial charge in [-0.3, -0.25) is 4.79 Å². The van der Waals surface area contributed by atoms with Crippen molar-refractivity contribution >= 4 is 11.5 Å². The molecule has 1 aliphatic rings. The maximum absolute atomic E-state index is 12.5. The molecule has 0 bridgehead atoms. The molecule has 1 fully saturated rings. The number of nitrogens with zero attached hydrogens (tertiary/aromatic N) is 1. The summed E-state index contributed by atoms with van der Waals surface area (Å²) in [6, 6.07) is 20.7. The molecule has 0 radical (unpaired) electrons. The summed E-state index contributed by atoms with van der Waals surface area (Å²) in [4.78, 5) is 15.0. The summed E-state index contributed by atoms with van der Waals surface area (Å²) in [5, 5.41) is 3.56. The van der Waals surface area contributed by atoms with Gasteiger partial charge < -0.3 is 10.2 Å². The molecule has 1 N–H and O–H groups in total. The summed E-state index contributed by atoms with van der Waals surface area (Å²) in [5.74, 6) is 0.515. The molecule has 0 amide bonds. The molecule has 0 saturated carbocycles. The van der Waals surface area contributed by atoms with Crippen LogP contribution in [0.4, 0.5) is 5.69 Å². The van der Waals surface area contributed by atoms with Crippen LogP contribution in [0.3, 0.4) is 0 Å². The number of Topliss-reactive ketones (excluding diaryl/α,β-unsaturated/α-hetero) is 1. The van der Waals surface area contributed by atoms with E-state index in [-0.39, 0.29) is 11.7 Å². The monoisotopic (exact) mass is 336 g/mol. The Morgan fingerprint density at radius 1 is 1.12 bits per heavy atom. The second kappa shape index (κ2) is 7.83. The summed E-state index contributed by atoms with van der Waals surface area (Å²) in [6.45, 7) is 6.88. The van der Waals surface area contributed by atoms with Crippen molar-refractivity contribution in [2.45, 2.75) is 32.2 Å². The van der Waals surface area contributed by atoms with Gasteiger partial charge in [-0.2, -0.15) is 0 Å². The number of piperidine rings is 1. The van der Waals surface area contributed by atoms with Crippen LogP contribution in [-0.4, -0.2) is 35.9 Å². The van der Waals surface area contributed by atoms with Crippen LogP contribution < -0.4 is 5.32 Å². The van der Waals surface area contributed by atoms with Gasteiger partial charge >= 0.3 is 0 Å². The van der Waals surface area contributed by atoms with Gasteiger partial charge in [0, 0.05) is 25.3 Å². The molecule has 1 aliphatic heterocycles. The lowest BCUT2D eigenvalue weighted by Gasteiger charge is -2.46. The smallest absolute Gasteiger partial charge is 0.155 e. The minimum absolute atomic E-state index is 0.242. The number of benzene rings is 2. The first-order chi connectivity index (χ1) is 12.1. The lowest BCUT2D eigenvalue weighted by Crippen LogP contribution is -2.59. The number of hydrogen-bond acceptors (Lipinski definition) is 3. The number of carbonyl (C=O) groups is 1. The van der Waals surface area contributed by atoms with Crippen LogP contribution in [0.1, 0.15) is 25.8 Å². The minimum atomic E-state index is -0.454. The molecule has 0 unspecified atom stereocenters. The zero-order valence-electron chi connectivity index (χ0n) is 15.2. The minimum Gasteiger partial charge on any atom is -0.372 e. The van der Waals surface area contributed by atoms with Crippen LogP contribution in [0.15, 0.2) is 60.7 Å². The maximum Gasteiger partial charge on any atom is 0.155 e. The molecule has 132 valence electrons. The quantitative estimate of drug-likeness (QED) is 0.865. The molecule has 0 aliphatic carbocycles. The average molecular weight is 336 g/mol. The SMILES string of the molecule is CC(=O)[C@]1(Nc2ccccc2)CCN(CCc2ccccc2)C[C@@H]1C. The topological polar surface area (TPSA) is 32.3 Å². The molecule has 3 rings (SSSR count). The van der Waals surface area contributed by atoms with Gasteiger partial charge in [-0.05, 0) is 43.4 Å². The van der Waals surface area contributed by atoms with Crippen LogP contribution >= 0.6 is 0 Å². The number of rotatable bonds is 6. The van der Waals surface area contributed by atoms with Crippen LogP contribution in [0.25, 0.3) is 0 Å². The van der Waals surface area contributed by atoms with Crippen LogP contribution in [0, 0.1) is 5.92 Å². The highest BCUT2D eigenvalue weighted by Crippen LogP contribution is 2.32. The van der Waals surface area contributed by atoms with Crippen LogP contribution in [0.5, 0.6) is 0 Å². The van der Waals surface area contributed by atoms with E-state index < -0.39 is 5.54 Å². The summed E-state index contributed by atoms with van der Waals surface area (Å²) < 4.78 is 0. The number of hydrogen-bond donors (Lipinski definition) is 1. The number of carbonyl (C=O) groups excluding carboxylic acids is 1. The second-order valence-electron chi connectivity index (χ2n) is 7.21. The standard InChI is InChI=1S/C22H28N2O/c1-18-17-24(15-13-20-9-5-3-6-10-20)16-14-22(18,19(2)25)23-21-11-7-4-8-12-21/h3-12,18,23H,13-17H2,1-2H3/t18-,22-/m0/s1. The largest absolute Gasteiger partial charge is 0.372 e. The van der Waals surface area contributed by atoms with Crippen molar-refractivity contribution in [2.75, 3.05) is 25.0 Å². The average Bonchev–Trinajstić information content (AvgIpc) is 2.63. The van der Waals surface area contributed by atoms with E-state index in [0.717, 1.165) is 38.2 Å². The fourth-order valence-electron chi connectivity index (χ4n) is 3.93. The van der Waals surface area contributed by atoms with E-state index in [1.807, 2.05) is 30.3 Å². The van der Waals surface area contributed by atoms with E-state index in [4.69, 9.17) is 0 Å². The maximum atomic E-state index is 12.5. The molecule has 1 heterocycles. The molecular weight excluding hydrogens is 308 g/mol. The Morgan fingerprint density at radius 3 is 2.36 bits per heavy atom.